The van der Waals surface area contributed by atoms with Gasteiger partial charge in [0.05, 0.1) is 29.5 Å². The fourth-order valence-corrected chi connectivity index (χ4v) is 3.39. The maximum atomic E-state index is 12.4. The summed E-state index contributed by atoms with van der Waals surface area (Å²) in [5.41, 5.74) is 2.47. The van der Waals surface area contributed by atoms with Gasteiger partial charge in [-0.25, -0.2) is 0 Å². The van der Waals surface area contributed by atoms with Crippen LogP contribution in [-0.2, 0) is 11.3 Å². The number of pyridine rings is 1. The molecule has 0 aliphatic carbocycles. The first-order valence-corrected chi connectivity index (χ1v) is 8.18. The second-order valence-electron chi connectivity index (χ2n) is 6.63. The molecule has 0 radical (unpaired) electrons. The lowest BCUT2D eigenvalue weighted by atomic mass is 10.1. The molecule has 1 atom stereocenters. The Balaban J connectivity index is 1.78. The van der Waals surface area contributed by atoms with Crippen molar-refractivity contribution in [3.05, 3.63) is 29.1 Å². The third kappa shape index (κ3) is 3.08. The van der Waals surface area contributed by atoms with E-state index in [-0.39, 0.29) is 17.9 Å². The SMILES string of the molecule is CC(=O)N1CCCC1c1ccc2c(n1)CN(CCN(C)C)C2=O. The highest BCUT2D eigenvalue weighted by atomic mass is 16.2. The largest absolute Gasteiger partial charge is 0.334 e. The Hall–Kier alpha value is -1.95. The third-order valence-corrected chi connectivity index (χ3v) is 4.67. The molecule has 1 aromatic heterocycles. The number of likely N-dealkylation sites (N-methyl/N-ethyl adjacent to an activating group) is 1. The molecule has 23 heavy (non-hydrogen) atoms. The molecule has 2 aliphatic rings. The number of amides is 2. The van der Waals surface area contributed by atoms with E-state index in [1.807, 2.05) is 36.0 Å². The molecule has 1 unspecified atom stereocenters. The third-order valence-electron chi connectivity index (χ3n) is 4.67. The summed E-state index contributed by atoms with van der Waals surface area (Å²) in [5.74, 6) is 0.161. The van der Waals surface area contributed by atoms with Gasteiger partial charge in [-0.2, -0.15) is 0 Å². The van der Waals surface area contributed by atoms with Crippen LogP contribution in [0.1, 0.15) is 47.6 Å². The fraction of sp³-hybridized carbons (Fsp3) is 0.588. The van der Waals surface area contributed by atoms with Crippen LogP contribution < -0.4 is 0 Å². The van der Waals surface area contributed by atoms with Crippen molar-refractivity contribution in [2.24, 2.45) is 0 Å². The van der Waals surface area contributed by atoms with Crippen LogP contribution in [0.5, 0.6) is 0 Å². The first-order valence-electron chi connectivity index (χ1n) is 8.18. The Morgan fingerprint density at radius 3 is 2.87 bits per heavy atom. The van der Waals surface area contributed by atoms with E-state index < -0.39 is 0 Å². The highest BCUT2D eigenvalue weighted by Crippen LogP contribution is 2.32. The predicted octanol–water partition coefficient (Wildman–Crippen LogP) is 1.28. The number of carbonyl (C=O) groups excluding carboxylic acids is 2. The highest BCUT2D eigenvalue weighted by molar-refractivity contribution is 5.97. The second-order valence-corrected chi connectivity index (χ2v) is 6.63. The van der Waals surface area contributed by atoms with Crippen LogP contribution in [0.4, 0.5) is 0 Å². The topological polar surface area (TPSA) is 56.8 Å². The van der Waals surface area contributed by atoms with Gasteiger partial charge in [-0.3, -0.25) is 14.6 Å². The minimum atomic E-state index is 0.0590. The number of rotatable bonds is 4. The van der Waals surface area contributed by atoms with Crippen molar-refractivity contribution in [1.82, 2.24) is 19.7 Å². The average Bonchev–Trinajstić information content (AvgIpc) is 3.10. The summed E-state index contributed by atoms with van der Waals surface area (Å²) in [6, 6.07) is 3.86. The van der Waals surface area contributed by atoms with Crippen molar-refractivity contribution in [3.8, 4) is 0 Å². The molecular formula is C17H24N4O2. The minimum absolute atomic E-state index is 0.0590. The van der Waals surface area contributed by atoms with Crippen molar-refractivity contribution < 1.29 is 9.59 Å². The lowest BCUT2D eigenvalue weighted by Gasteiger charge is -2.23. The van der Waals surface area contributed by atoms with Gasteiger partial charge in [0.25, 0.3) is 5.91 Å². The van der Waals surface area contributed by atoms with Crippen LogP contribution in [0.25, 0.3) is 0 Å². The number of hydrogen-bond acceptors (Lipinski definition) is 4. The molecule has 1 saturated heterocycles. The van der Waals surface area contributed by atoms with Crippen molar-refractivity contribution in [1.29, 1.82) is 0 Å². The monoisotopic (exact) mass is 316 g/mol. The summed E-state index contributed by atoms with van der Waals surface area (Å²) in [6.45, 7) is 4.53. The number of nitrogens with zero attached hydrogens (tertiary/aromatic N) is 4. The van der Waals surface area contributed by atoms with Crippen LogP contribution in [-0.4, -0.2) is 65.2 Å². The fourth-order valence-electron chi connectivity index (χ4n) is 3.39. The van der Waals surface area contributed by atoms with Crippen LogP contribution in [0.3, 0.4) is 0 Å². The number of fused-ring (bicyclic) bond motifs is 1. The molecule has 0 N–H and O–H groups in total. The molecule has 0 bridgehead atoms. The molecule has 1 aromatic rings. The normalized spacial score (nSPS) is 20.5. The molecule has 0 saturated carbocycles. The Kier molecular flexibility index (Phi) is 4.35. The van der Waals surface area contributed by atoms with Crippen molar-refractivity contribution in [3.63, 3.8) is 0 Å². The van der Waals surface area contributed by atoms with Crippen molar-refractivity contribution in [2.75, 3.05) is 33.7 Å². The lowest BCUT2D eigenvalue weighted by molar-refractivity contribution is -0.129. The summed E-state index contributed by atoms with van der Waals surface area (Å²) in [6.07, 6.45) is 1.96. The Bertz CT molecular complexity index is 629. The maximum Gasteiger partial charge on any atom is 0.256 e. The quantitative estimate of drug-likeness (QED) is 0.840. The van der Waals surface area contributed by atoms with Crippen molar-refractivity contribution in [2.45, 2.75) is 32.4 Å². The maximum absolute atomic E-state index is 12.4. The minimum Gasteiger partial charge on any atom is -0.334 e. The summed E-state index contributed by atoms with van der Waals surface area (Å²) in [5, 5.41) is 0. The highest BCUT2D eigenvalue weighted by Gasteiger charge is 2.32. The predicted molar refractivity (Wildman–Crippen MR) is 86.9 cm³/mol. The number of likely N-dealkylation sites (tertiary alicyclic amines) is 1. The number of hydrogen-bond donors (Lipinski definition) is 0. The molecule has 2 aliphatic heterocycles. The molecule has 0 spiro atoms. The van der Waals surface area contributed by atoms with Crippen LogP contribution in [0.2, 0.25) is 0 Å². The summed E-state index contributed by atoms with van der Waals surface area (Å²) >= 11 is 0. The molecule has 6 heteroatoms. The molecule has 1 fully saturated rings. The van der Waals surface area contributed by atoms with Gasteiger partial charge in [-0.15, -0.1) is 0 Å². The van der Waals surface area contributed by atoms with E-state index in [0.29, 0.717) is 18.7 Å². The molecule has 6 nitrogen and oxygen atoms in total. The van der Waals surface area contributed by atoms with E-state index in [2.05, 4.69) is 4.90 Å². The molecule has 0 aromatic carbocycles. The van der Waals surface area contributed by atoms with E-state index in [1.165, 1.54) is 0 Å². The molecule has 3 rings (SSSR count). The molecule has 3 heterocycles. The first kappa shape index (κ1) is 15.9. The van der Waals surface area contributed by atoms with Crippen LogP contribution in [0, 0.1) is 0 Å². The lowest BCUT2D eigenvalue weighted by Crippen LogP contribution is -2.31. The first-order chi connectivity index (χ1) is 11.0. The van der Waals surface area contributed by atoms with E-state index in [9.17, 15) is 9.59 Å². The van der Waals surface area contributed by atoms with Crippen molar-refractivity contribution >= 4 is 11.8 Å². The van der Waals surface area contributed by atoms with E-state index in [0.717, 1.165) is 37.3 Å². The molecule has 124 valence electrons. The second kappa shape index (κ2) is 6.28. The van der Waals surface area contributed by atoms with E-state index in [1.54, 1.807) is 6.92 Å². The summed E-state index contributed by atoms with van der Waals surface area (Å²) in [7, 11) is 4.00. The standard InChI is InChI=1S/C17H24N4O2/c1-12(22)21-8-4-5-16(21)14-7-6-13-15(18-14)11-20(17(13)23)10-9-19(2)3/h6-7,16H,4-5,8-11H2,1-3H3. The Labute approximate surface area is 137 Å². The van der Waals surface area contributed by atoms with Gasteiger partial charge in [-0.05, 0) is 39.1 Å². The zero-order chi connectivity index (χ0) is 16.6. The summed E-state index contributed by atoms with van der Waals surface area (Å²) in [4.78, 5) is 34.7. The number of carbonyl (C=O) groups is 2. The average molecular weight is 316 g/mol. The van der Waals surface area contributed by atoms with Gasteiger partial charge in [0.1, 0.15) is 0 Å². The van der Waals surface area contributed by atoms with Crippen LogP contribution >= 0.6 is 0 Å². The Morgan fingerprint density at radius 1 is 1.39 bits per heavy atom. The van der Waals surface area contributed by atoms with Gasteiger partial charge in [-0.1, -0.05) is 0 Å². The molecular weight excluding hydrogens is 292 g/mol. The van der Waals surface area contributed by atoms with Crippen LogP contribution in [0.15, 0.2) is 12.1 Å². The van der Waals surface area contributed by atoms with Gasteiger partial charge in [0.15, 0.2) is 0 Å². The smallest absolute Gasteiger partial charge is 0.256 e. The van der Waals surface area contributed by atoms with Gasteiger partial charge in [0, 0.05) is 26.6 Å². The van der Waals surface area contributed by atoms with Gasteiger partial charge in [0.2, 0.25) is 5.91 Å². The summed E-state index contributed by atoms with van der Waals surface area (Å²) < 4.78 is 0. The molecule has 2 amide bonds. The zero-order valence-corrected chi connectivity index (χ0v) is 14.1. The Morgan fingerprint density at radius 2 is 2.17 bits per heavy atom. The van der Waals surface area contributed by atoms with Gasteiger partial charge < -0.3 is 14.7 Å². The van der Waals surface area contributed by atoms with E-state index >= 15 is 0 Å². The zero-order valence-electron chi connectivity index (χ0n) is 14.1. The van der Waals surface area contributed by atoms with E-state index in [4.69, 9.17) is 4.98 Å². The van der Waals surface area contributed by atoms with Gasteiger partial charge >= 0.3 is 0 Å². The number of aromatic nitrogens is 1.